The van der Waals surface area contributed by atoms with E-state index in [1.54, 1.807) is 0 Å². The van der Waals surface area contributed by atoms with Gasteiger partial charge in [-0.25, -0.2) is 19.4 Å². The minimum absolute atomic E-state index is 0.0927. The van der Waals surface area contributed by atoms with E-state index in [9.17, 15) is 14.7 Å². The van der Waals surface area contributed by atoms with Crippen molar-refractivity contribution in [2.45, 2.75) is 6.10 Å². The minimum Gasteiger partial charge on any atom is -0.394 e. The van der Waals surface area contributed by atoms with Gasteiger partial charge in [-0.3, -0.25) is 0 Å². The third-order valence-corrected chi connectivity index (χ3v) is 1.79. The van der Waals surface area contributed by atoms with Gasteiger partial charge in [-0.15, -0.1) is 0 Å². The number of aliphatic hydroxyl groups is 2. The van der Waals surface area contributed by atoms with Crippen molar-refractivity contribution in [1.82, 2.24) is 0 Å². The standard InChI is InChI=1S/C10H15ClO8/c1-7(9(14)18-19-10(11)15)8(13)6-17-5-4-16-3-2-12/h8,12-13H,1-6H2. The molecule has 0 aliphatic carbocycles. The van der Waals surface area contributed by atoms with Gasteiger partial charge in [0, 0.05) is 11.6 Å². The van der Waals surface area contributed by atoms with Crippen LogP contribution >= 0.6 is 11.6 Å². The van der Waals surface area contributed by atoms with Gasteiger partial charge in [-0.1, -0.05) is 6.58 Å². The number of aliphatic hydroxyl groups excluding tert-OH is 2. The summed E-state index contributed by atoms with van der Waals surface area (Å²) in [5, 5.41) is 17.9. The first kappa shape index (κ1) is 17.8. The Bertz CT molecular complexity index is 306. The maximum absolute atomic E-state index is 11.1. The van der Waals surface area contributed by atoms with E-state index in [1.807, 2.05) is 0 Å². The van der Waals surface area contributed by atoms with E-state index in [-0.39, 0.29) is 38.6 Å². The largest absolute Gasteiger partial charge is 0.448 e. The van der Waals surface area contributed by atoms with Gasteiger partial charge in [-0.05, 0) is 0 Å². The van der Waals surface area contributed by atoms with E-state index in [4.69, 9.17) is 26.2 Å². The van der Waals surface area contributed by atoms with Crippen LogP contribution in [0.25, 0.3) is 0 Å². The number of hydrogen-bond donors (Lipinski definition) is 2. The summed E-state index contributed by atoms with van der Waals surface area (Å²) in [6.07, 6.45) is -1.32. The van der Waals surface area contributed by atoms with Crippen LogP contribution in [-0.2, 0) is 24.0 Å². The highest BCUT2D eigenvalue weighted by atomic mass is 35.5. The molecule has 0 fully saturated rings. The third-order valence-electron chi connectivity index (χ3n) is 1.73. The summed E-state index contributed by atoms with van der Waals surface area (Å²) < 4.78 is 9.87. The summed E-state index contributed by atoms with van der Waals surface area (Å²) in [6.45, 7) is 3.53. The lowest BCUT2D eigenvalue weighted by Crippen LogP contribution is -2.25. The molecular formula is C10H15ClO8. The molecule has 0 aliphatic rings. The molecule has 0 spiro atoms. The molecule has 110 valence electrons. The first-order chi connectivity index (χ1) is 8.99. The first-order valence-electron chi connectivity index (χ1n) is 5.20. The van der Waals surface area contributed by atoms with E-state index in [0.29, 0.717) is 0 Å². The molecule has 0 saturated heterocycles. The molecule has 8 nitrogen and oxygen atoms in total. The summed E-state index contributed by atoms with van der Waals surface area (Å²) in [5.41, 5.74) is -1.68. The van der Waals surface area contributed by atoms with Crippen molar-refractivity contribution in [1.29, 1.82) is 0 Å². The highest BCUT2D eigenvalue weighted by molar-refractivity contribution is 6.61. The smallest absolute Gasteiger partial charge is 0.394 e. The molecule has 0 heterocycles. The predicted molar refractivity (Wildman–Crippen MR) is 62.3 cm³/mol. The van der Waals surface area contributed by atoms with Crippen molar-refractivity contribution in [3.8, 4) is 0 Å². The molecule has 0 bridgehead atoms. The molecule has 19 heavy (non-hydrogen) atoms. The first-order valence-corrected chi connectivity index (χ1v) is 5.58. The molecule has 0 amide bonds. The van der Waals surface area contributed by atoms with Crippen molar-refractivity contribution in [2.24, 2.45) is 0 Å². The number of ether oxygens (including phenoxy) is 2. The fourth-order valence-corrected chi connectivity index (χ4v) is 0.872. The van der Waals surface area contributed by atoms with Gasteiger partial charge in [0.2, 0.25) is 0 Å². The fourth-order valence-electron chi connectivity index (χ4n) is 0.840. The molecule has 0 radical (unpaired) electrons. The number of hydrogen-bond acceptors (Lipinski definition) is 8. The zero-order valence-corrected chi connectivity index (χ0v) is 10.8. The SMILES string of the molecule is C=C(C(=O)OOC(=O)Cl)C(O)COCCOCCO. The highest BCUT2D eigenvalue weighted by Crippen LogP contribution is 2.04. The van der Waals surface area contributed by atoms with Crippen LogP contribution in [0.4, 0.5) is 4.79 Å². The van der Waals surface area contributed by atoms with Crippen molar-refractivity contribution < 1.29 is 39.1 Å². The molecular weight excluding hydrogens is 284 g/mol. The highest BCUT2D eigenvalue weighted by Gasteiger charge is 2.20. The molecule has 1 atom stereocenters. The van der Waals surface area contributed by atoms with Crippen LogP contribution < -0.4 is 0 Å². The van der Waals surface area contributed by atoms with Gasteiger partial charge < -0.3 is 19.7 Å². The maximum Gasteiger partial charge on any atom is 0.448 e. The predicted octanol–water partition coefficient (Wildman–Crippen LogP) is -0.237. The number of carbonyl (C=O) groups is 2. The van der Waals surface area contributed by atoms with Gasteiger partial charge >= 0.3 is 11.4 Å². The van der Waals surface area contributed by atoms with E-state index < -0.39 is 17.5 Å². The van der Waals surface area contributed by atoms with Gasteiger partial charge in [0.1, 0.15) is 6.10 Å². The number of halogens is 1. The van der Waals surface area contributed by atoms with Crippen LogP contribution in [0.5, 0.6) is 0 Å². The fraction of sp³-hybridized carbons (Fsp3) is 0.600. The Balaban J connectivity index is 3.74. The lowest BCUT2D eigenvalue weighted by atomic mass is 10.2. The van der Waals surface area contributed by atoms with E-state index in [2.05, 4.69) is 16.4 Å². The lowest BCUT2D eigenvalue weighted by Gasteiger charge is -2.12. The van der Waals surface area contributed by atoms with Crippen LogP contribution in [0.15, 0.2) is 12.2 Å². The lowest BCUT2D eigenvalue weighted by molar-refractivity contribution is -0.223. The van der Waals surface area contributed by atoms with Crippen molar-refractivity contribution in [3.05, 3.63) is 12.2 Å². The monoisotopic (exact) mass is 298 g/mol. The number of carbonyl (C=O) groups excluding carboxylic acids is 2. The zero-order chi connectivity index (χ0) is 14.7. The van der Waals surface area contributed by atoms with Crippen LogP contribution in [0, 0.1) is 0 Å². The Morgan fingerprint density at radius 1 is 1.16 bits per heavy atom. The average Bonchev–Trinajstić information content (AvgIpc) is 2.38. The Morgan fingerprint density at radius 3 is 2.37 bits per heavy atom. The Hall–Kier alpha value is -1.19. The molecule has 0 aromatic rings. The van der Waals surface area contributed by atoms with Crippen LogP contribution in [0.1, 0.15) is 0 Å². The molecule has 9 heteroatoms. The molecule has 0 saturated carbocycles. The normalized spacial score (nSPS) is 11.7. The van der Waals surface area contributed by atoms with E-state index in [1.165, 1.54) is 0 Å². The van der Waals surface area contributed by atoms with Gasteiger partial charge in [0.25, 0.3) is 0 Å². The van der Waals surface area contributed by atoms with Crippen molar-refractivity contribution in [3.63, 3.8) is 0 Å². The van der Waals surface area contributed by atoms with Gasteiger partial charge in [0.15, 0.2) is 0 Å². The minimum atomic E-state index is -1.33. The van der Waals surface area contributed by atoms with Gasteiger partial charge in [0.05, 0.1) is 38.6 Å². The van der Waals surface area contributed by atoms with Crippen LogP contribution in [0.2, 0.25) is 0 Å². The zero-order valence-electron chi connectivity index (χ0n) is 10.0. The summed E-state index contributed by atoms with van der Waals surface area (Å²) in [5.74, 6) is -1.14. The Labute approximate surface area is 114 Å². The van der Waals surface area contributed by atoms with E-state index >= 15 is 0 Å². The Morgan fingerprint density at radius 2 is 1.79 bits per heavy atom. The summed E-state index contributed by atoms with van der Waals surface area (Å²) >= 11 is 4.76. The van der Waals surface area contributed by atoms with Crippen molar-refractivity contribution in [2.75, 3.05) is 33.0 Å². The molecule has 0 aliphatic heterocycles. The van der Waals surface area contributed by atoms with E-state index in [0.717, 1.165) is 0 Å². The number of rotatable bonds is 9. The molecule has 0 aromatic carbocycles. The Kier molecular flexibility index (Phi) is 10.0. The van der Waals surface area contributed by atoms with Gasteiger partial charge in [-0.2, -0.15) is 0 Å². The van der Waals surface area contributed by atoms with Crippen molar-refractivity contribution >= 4 is 23.0 Å². The average molecular weight is 299 g/mol. The second-order valence-electron chi connectivity index (χ2n) is 3.14. The molecule has 0 rings (SSSR count). The van der Waals surface area contributed by atoms with Crippen LogP contribution in [0.3, 0.4) is 0 Å². The topological polar surface area (TPSA) is 112 Å². The molecule has 0 aromatic heterocycles. The van der Waals surface area contributed by atoms with Crippen LogP contribution in [-0.4, -0.2) is 60.7 Å². The molecule has 1 unspecified atom stereocenters. The summed E-state index contributed by atoms with van der Waals surface area (Å²) in [4.78, 5) is 29.0. The third kappa shape index (κ3) is 9.40. The molecule has 2 N–H and O–H groups in total. The quantitative estimate of drug-likeness (QED) is 0.197. The second kappa shape index (κ2) is 10.7. The summed E-state index contributed by atoms with van der Waals surface area (Å²) in [7, 11) is 0. The second-order valence-corrected chi connectivity index (χ2v) is 3.45. The maximum atomic E-state index is 11.1. The summed E-state index contributed by atoms with van der Waals surface area (Å²) in [6, 6.07) is 0.